The van der Waals surface area contributed by atoms with Crippen LogP contribution < -0.4 is 0 Å². The van der Waals surface area contributed by atoms with Crippen LogP contribution in [-0.2, 0) is 10.0 Å². The van der Waals surface area contributed by atoms with Crippen LogP contribution in [0, 0.1) is 0 Å². The van der Waals surface area contributed by atoms with Gasteiger partial charge in [-0.25, -0.2) is 18.4 Å². The van der Waals surface area contributed by atoms with E-state index in [0.717, 1.165) is 5.75 Å². The van der Waals surface area contributed by atoms with Gasteiger partial charge in [0.1, 0.15) is 4.90 Å². The van der Waals surface area contributed by atoms with Crippen molar-refractivity contribution in [3.05, 3.63) is 17.7 Å². The summed E-state index contributed by atoms with van der Waals surface area (Å²) in [5.41, 5.74) is 0. The summed E-state index contributed by atoms with van der Waals surface area (Å²) < 4.78 is 25.9. The van der Waals surface area contributed by atoms with E-state index in [1.165, 1.54) is 16.7 Å². The first-order valence-corrected chi connectivity index (χ1v) is 7.96. The molecule has 2 rings (SSSR count). The van der Waals surface area contributed by atoms with E-state index in [1.807, 2.05) is 6.92 Å². The fourth-order valence-electron chi connectivity index (χ4n) is 1.59. The summed E-state index contributed by atoms with van der Waals surface area (Å²) in [5, 5.41) is 0.360. The van der Waals surface area contributed by atoms with Crippen molar-refractivity contribution < 1.29 is 8.42 Å². The highest BCUT2D eigenvalue weighted by atomic mass is 35.5. The number of sulfonamides is 1. The maximum atomic E-state index is 12.2. The Morgan fingerprint density at radius 2 is 2.12 bits per heavy atom. The molecule has 0 aliphatic carbocycles. The van der Waals surface area contributed by atoms with Crippen LogP contribution in [-0.4, -0.2) is 46.8 Å². The second-order valence-electron chi connectivity index (χ2n) is 3.73. The van der Waals surface area contributed by atoms with E-state index in [9.17, 15) is 8.42 Å². The van der Waals surface area contributed by atoms with Gasteiger partial charge in [0.15, 0.2) is 0 Å². The van der Waals surface area contributed by atoms with Crippen LogP contribution in [0.15, 0.2) is 17.3 Å². The molecule has 1 saturated heterocycles. The van der Waals surface area contributed by atoms with Crippen LogP contribution in [0.1, 0.15) is 6.92 Å². The first-order chi connectivity index (χ1) is 8.00. The predicted molar refractivity (Wildman–Crippen MR) is 67.7 cm³/mol. The number of nitrogens with zero attached hydrogens (tertiary/aromatic N) is 3. The predicted octanol–water partition coefficient (Wildman–Crippen LogP) is 1.26. The molecule has 0 radical (unpaired) electrons. The van der Waals surface area contributed by atoms with Crippen LogP contribution >= 0.6 is 23.4 Å². The molecule has 17 heavy (non-hydrogen) atoms. The van der Waals surface area contributed by atoms with E-state index in [2.05, 4.69) is 9.97 Å². The monoisotopic (exact) mass is 293 g/mol. The van der Waals surface area contributed by atoms with Gasteiger partial charge in [0.25, 0.3) is 0 Å². The fourth-order valence-corrected chi connectivity index (χ4v) is 4.33. The minimum Gasteiger partial charge on any atom is -0.225 e. The lowest BCUT2D eigenvalue weighted by Crippen LogP contribution is -2.41. The lowest BCUT2D eigenvalue weighted by molar-refractivity contribution is 0.424. The Labute approximate surface area is 110 Å². The molecule has 0 amide bonds. The summed E-state index contributed by atoms with van der Waals surface area (Å²) in [6, 6.07) is 0. The molecule has 1 aliphatic heterocycles. The Morgan fingerprint density at radius 3 is 2.71 bits per heavy atom. The zero-order chi connectivity index (χ0) is 12.5. The minimum atomic E-state index is -3.48. The Hall–Kier alpha value is -0.370. The molecular weight excluding hydrogens is 282 g/mol. The number of rotatable bonds is 2. The van der Waals surface area contributed by atoms with E-state index >= 15 is 0 Å². The van der Waals surface area contributed by atoms with Crippen molar-refractivity contribution in [1.82, 2.24) is 14.3 Å². The summed E-state index contributed by atoms with van der Waals surface area (Å²) >= 11 is 7.31. The van der Waals surface area contributed by atoms with E-state index in [1.54, 1.807) is 11.8 Å². The molecule has 1 aliphatic rings. The number of thioether (sulfide) groups is 1. The molecule has 1 atom stereocenters. The van der Waals surface area contributed by atoms with Gasteiger partial charge in [-0.3, -0.25) is 0 Å². The molecule has 0 aromatic carbocycles. The average molecular weight is 294 g/mol. The van der Waals surface area contributed by atoms with Crippen molar-refractivity contribution in [2.24, 2.45) is 0 Å². The van der Waals surface area contributed by atoms with E-state index < -0.39 is 10.0 Å². The van der Waals surface area contributed by atoms with Crippen molar-refractivity contribution in [3.8, 4) is 0 Å². The molecule has 94 valence electrons. The molecule has 1 fully saturated rings. The zero-order valence-corrected chi connectivity index (χ0v) is 11.6. The lowest BCUT2D eigenvalue weighted by atomic mass is 10.4. The molecule has 0 spiro atoms. The van der Waals surface area contributed by atoms with Gasteiger partial charge in [-0.05, 0) is 11.6 Å². The first-order valence-electron chi connectivity index (χ1n) is 5.09. The smallest absolute Gasteiger partial charge is 0.225 e. The summed E-state index contributed by atoms with van der Waals surface area (Å²) in [7, 11) is -3.48. The maximum absolute atomic E-state index is 12.2. The van der Waals surface area contributed by atoms with Crippen molar-refractivity contribution in [1.29, 1.82) is 0 Å². The second-order valence-corrected chi connectivity index (χ2v) is 7.55. The lowest BCUT2D eigenvalue weighted by Gasteiger charge is -2.29. The standard InChI is InChI=1S/C9H12ClN3O2S2/c1-7-6-13(2-3-16-7)17(14,15)8-4-11-9(10)12-5-8/h4-5,7H,2-3,6H2,1H3. The highest BCUT2D eigenvalue weighted by molar-refractivity contribution is 8.00. The fraction of sp³-hybridized carbons (Fsp3) is 0.556. The molecule has 5 nitrogen and oxygen atoms in total. The number of halogens is 1. The largest absolute Gasteiger partial charge is 0.246 e. The molecule has 0 saturated carbocycles. The van der Waals surface area contributed by atoms with Gasteiger partial charge in [0.2, 0.25) is 15.3 Å². The SMILES string of the molecule is CC1CN(S(=O)(=O)c2cnc(Cl)nc2)CCS1. The number of hydrogen-bond donors (Lipinski definition) is 0. The number of aromatic nitrogens is 2. The molecule has 0 bridgehead atoms. The first kappa shape index (κ1) is 13.1. The molecule has 2 heterocycles. The normalized spacial score (nSPS) is 22.6. The van der Waals surface area contributed by atoms with Gasteiger partial charge >= 0.3 is 0 Å². The van der Waals surface area contributed by atoms with Crippen LogP contribution in [0.2, 0.25) is 5.28 Å². The van der Waals surface area contributed by atoms with Crippen LogP contribution in [0.4, 0.5) is 0 Å². The van der Waals surface area contributed by atoms with Crippen molar-refractivity contribution >= 4 is 33.4 Å². The summed E-state index contributed by atoms with van der Waals surface area (Å²) in [5.74, 6) is 0.814. The molecule has 1 aromatic rings. The third-order valence-corrected chi connectivity index (χ3v) is 5.59. The summed E-state index contributed by atoms with van der Waals surface area (Å²) in [6.45, 7) is 3.07. The van der Waals surface area contributed by atoms with Crippen LogP contribution in [0.25, 0.3) is 0 Å². The Morgan fingerprint density at radius 1 is 1.47 bits per heavy atom. The van der Waals surface area contributed by atoms with E-state index in [0.29, 0.717) is 18.3 Å². The van der Waals surface area contributed by atoms with E-state index in [4.69, 9.17) is 11.6 Å². The zero-order valence-electron chi connectivity index (χ0n) is 9.21. The van der Waals surface area contributed by atoms with Crippen LogP contribution in [0.5, 0.6) is 0 Å². The second kappa shape index (κ2) is 5.09. The Balaban J connectivity index is 2.26. The van der Waals surface area contributed by atoms with Crippen molar-refractivity contribution in [2.75, 3.05) is 18.8 Å². The summed E-state index contributed by atoms with van der Waals surface area (Å²) in [4.78, 5) is 7.50. The molecule has 1 aromatic heterocycles. The van der Waals surface area contributed by atoms with Crippen molar-refractivity contribution in [2.45, 2.75) is 17.1 Å². The Bertz CT molecular complexity index is 491. The highest BCUT2D eigenvalue weighted by Crippen LogP contribution is 2.23. The van der Waals surface area contributed by atoms with E-state index in [-0.39, 0.29) is 10.2 Å². The molecular formula is C9H12ClN3O2S2. The molecule has 1 unspecified atom stereocenters. The highest BCUT2D eigenvalue weighted by Gasteiger charge is 2.29. The topological polar surface area (TPSA) is 63.2 Å². The van der Waals surface area contributed by atoms with Crippen molar-refractivity contribution in [3.63, 3.8) is 0 Å². The summed E-state index contributed by atoms with van der Waals surface area (Å²) in [6.07, 6.45) is 2.49. The van der Waals surface area contributed by atoms with Gasteiger partial charge in [-0.2, -0.15) is 16.1 Å². The quantitative estimate of drug-likeness (QED) is 0.768. The van der Waals surface area contributed by atoms with Gasteiger partial charge in [-0.15, -0.1) is 0 Å². The average Bonchev–Trinajstić information content (AvgIpc) is 2.29. The minimum absolute atomic E-state index is 0.0477. The van der Waals surface area contributed by atoms with Gasteiger partial charge in [0, 0.05) is 24.1 Å². The van der Waals surface area contributed by atoms with Gasteiger partial charge in [0.05, 0.1) is 12.4 Å². The maximum Gasteiger partial charge on any atom is 0.246 e. The Kier molecular flexibility index (Phi) is 3.92. The third kappa shape index (κ3) is 2.90. The van der Waals surface area contributed by atoms with Gasteiger partial charge < -0.3 is 0 Å². The molecule has 8 heteroatoms. The number of hydrogen-bond acceptors (Lipinski definition) is 5. The molecule has 0 N–H and O–H groups in total. The third-order valence-electron chi connectivity index (χ3n) is 2.44. The van der Waals surface area contributed by atoms with Gasteiger partial charge in [-0.1, -0.05) is 6.92 Å². The van der Waals surface area contributed by atoms with Crippen LogP contribution in [0.3, 0.4) is 0 Å².